The van der Waals surface area contributed by atoms with Crippen LogP contribution in [0.1, 0.15) is 24.5 Å². The van der Waals surface area contributed by atoms with E-state index in [2.05, 4.69) is 5.32 Å². The standard InChI is InChI=1S/C20H23ClN2O3S/c1-3-13-23(15-20(24)22-19-7-5-4-6-16(19)2)27(25,26)14-12-17-8-10-18(21)11-9-17/h4-12,14H,3,13,15H2,1-2H3,(H,22,24)/b14-12+. The van der Waals surface area contributed by atoms with Crippen LogP contribution >= 0.6 is 11.6 Å². The molecule has 0 aliphatic heterocycles. The Hall–Kier alpha value is -2.15. The molecule has 5 nitrogen and oxygen atoms in total. The summed E-state index contributed by atoms with van der Waals surface area (Å²) < 4.78 is 26.5. The third kappa shape index (κ3) is 6.50. The highest BCUT2D eigenvalue weighted by atomic mass is 35.5. The molecule has 1 N–H and O–H groups in total. The molecular weight excluding hydrogens is 384 g/mol. The summed E-state index contributed by atoms with van der Waals surface area (Å²) in [6.07, 6.45) is 2.10. The van der Waals surface area contributed by atoms with Gasteiger partial charge in [-0.25, -0.2) is 8.42 Å². The van der Waals surface area contributed by atoms with Crippen LogP contribution < -0.4 is 5.32 Å². The van der Waals surface area contributed by atoms with Gasteiger partial charge >= 0.3 is 0 Å². The molecule has 0 atom stereocenters. The van der Waals surface area contributed by atoms with Gasteiger partial charge in [0.1, 0.15) is 0 Å². The summed E-state index contributed by atoms with van der Waals surface area (Å²) in [5, 5.41) is 4.46. The maximum absolute atomic E-state index is 12.6. The smallest absolute Gasteiger partial charge is 0.239 e. The van der Waals surface area contributed by atoms with Crippen molar-refractivity contribution in [1.82, 2.24) is 4.31 Å². The van der Waals surface area contributed by atoms with E-state index in [-0.39, 0.29) is 19.0 Å². The van der Waals surface area contributed by atoms with Gasteiger partial charge in [0, 0.05) is 22.7 Å². The van der Waals surface area contributed by atoms with Gasteiger partial charge in [-0.05, 0) is 48.7 Å². The second-order valence-electron chi connectivity index (χ2n) is 6.10. The first-order chi connectivity index (χ1) is 12.8. The number of carbonyl (C=O) groups is 1. The summed E-state index contributed by atoms with van der Waals surface area (Å²) in [6.45, 7) is 3.76. The van der Waals surface area contributed by atoms with Gasteiger partial charge in [0.15, 0.2) is 0 Å². The Morgan fingerprint density at radius 3 is 2.44 bits per heavy atom. The summed E-state index contributed by atoms with van der Waals surface area (Å²) in [4.78, 5) is 12.4. The molecule has 1 amide bonds. The van der Waals surface area contributed by atoms with E-state index in [9.17, 15) is 13.2 Å². The molecule has 0 saturated carbocycles. The lowest BCUT2D eigenvalue weighted by molar-refractivity contribution is -0.116. The fraction of sp³-hybridized carbons (Fsp3) is 0.250. The molecule has 0 aromatic heterocycles. The zero-order chi connectivity index (χ0) is 19.9. The predicted octanol–water partition coefficient (Wildman–Crippen LogP) is 4.30. The van der Waals surface area contributed by atoms with E-state index in [1.54, 1.807) is 30.3 Å². The van der Waals surface area contributed by atoms with Gasteiger partial charge in [-0.1, -0.05) is 48.9 Å². The third-order valence-corrected chi connectivity index (χ3v) is 5.64. The van der Waals surface area contributed by atoms with Crippen molar-refractivity contribution in [2.24, 2.45) is 0 Å². The van der Waals surface area contributed by atoms with Crippen LogP contribution in [-0.2, 0) is 14.8 Å². The van der Waals surface area contributed by atoms with Crippen molar-refractivity contribution >= 4 is 39.3 Å². The minimum atomic E-state index is -3.73. The first-order valence-electron chi connectivity index (χ1n) is 8.61. The maximum Gasteiger partial charge on any atom is 0.239 e. The molecule has 27 heavy (non-hydrogen) atoms. The topological polar surface area (TPSA) is 66.5 Å². The average molecular weight is 407 g/mol. The van der Waals surface area contributed by atoms with Crippen molar-refractivity contribution < 1.29 is 13.2 Å². The summed E-state index contributed by atoms with van der Waals surface area (Å²) in [5.41, 5.74) is 2.30. The second-order valence-corrected chi connectivity index (χ2v) is 8.35. The summed E-state index contributed by atoms with van der Waals surface area (Å²) in [6, 6.07) is 14.2. The maximum atomic E-state index is 12.6. The molecule has 0 aliphatic carbocycles. The van der Waals surface area contributed by atoms with Crippen molar-refractivity contribution in [1.29, 1.82) is 0 Å². The number of halogens is 1. The number of rotatable bonds is 8. The number of para-hydroxylation sites is 1. The van der Waals surface area contributed by atoms with Crippen LogP contribution in [0.25, 0.3) is 6.08 Å². The molecule has 2 rings (SSSR count). The van der Waals surface area contributed by atoms with Crippen molar-refractivity contribution in [3.05, 3.63) is 70.1 Å². The van der Waals surface area contributed by atoms with Crippen LogP contribution in [0, 0.1) is 6.92 Å². The molecule has 0 spiro atoms. The van der Waals surface area contributed by atoms with Gasteiger partial charge in [0.2, 0.25) is 15.9 Å². The van der Waals surface area contributed by atoms with Gasteiger partial charge in [-0.15, -0.1) is 0 Å². The number of sulfonamides is 1. The van der Waals surface area contributed by atoms with Crippen LogP contribution in [0.2, 0.25) is 5.02 Å². The molecule has 144 valence electrons. The van der Waals surface area contributed by atoms with E-state index < -0.39 is 10.0 Å². The van der Waals surface area contributed by atoms with E-state index in [1.165, 1.54) is 10.4 Å². The lowest BCUT2D eigenvalue weighted by atomic mass is 10.2. The molecule has 0 unspecified atom stereocenters. The highest BCUT2D eigenvalue weighted by Crippen LogP contribution is 2.15. The fourth-order valence-electron chi connectivity index (χ4n) is 2.43. The number of carbonyl (C=O) groups excluding carboxylic acids is 1. The molecule has 0 saturated heterocycles. The average Bonchev–Trinajstić information content (AvgIpc) is 2.63. The van der Waals surface area contributed by atoms with E-state index in [4.69, 9.17) is 11.6 Å². The fourth-order valence-corrected chi connectivity index (χ4v) is 3.79. The number of hydrogen-bond acceptors (Lipinski definition) is 3. The monoisotopic (exact) mass is 406 g/mol. The Kier molecular flexibility index (Phi) is 7.59. The van der Waals surface area contributed by atoms with E-state index >= 15 is 0 Å². The number of anilines is 1. The number of amides is 1. The van der Waals surface area contributed by atoms with Crippen molar-refractivity contribution in [2.45, 2.75) is 20.3 Å². The number of hydrogen-bond donors (Lipinski definition) is 1. The Labute approximate surface area is 165 Å². The molecule has 0 heterocycles. The van der Waals surface area contributed by atoms with Gasteiger partial charge in [-0.2, -0.15) is 4.31 Å². The van der Waals surface area contributed by atoms with Crippen molar-refractivity contribution in [2.75, 3.05) is 18.4 Å². The lowest BCUT2D eigenvalue weighted by Crippen LogP contribution is -2.37. The predicted molar refractivity (Wildman–Crippen MR) is 111 cm³/mol. The summed E-state index contributed by atoms with van der Waals surface area (Å²) in [5.74, 6) is -0.374. The Balaban J connectivity index is 2.11. The molecule has 0 fully saturated rings. The van der Waals surface area contributed by atoms with Crippen molar-refractivity contribution in [3.8, 4) is 0 Å². The molecular formula is C20H23ClN2O3S. The molecule has 0 aliphatic rings. The van der Waals surface area contributed by atoms with E-state index in [0.29, 0.717) is 22.7 Å². The second kappa shape index (κ2) is 9.69. The Morgan fingerprint density at radius 2 is 1.81 bits per heavy atom. The van der Waals surface area contributed by atoms with E-state index in [1.807, 2.05) is 32.0 Å². The normalized spacial score (nSPS) is 11.9. The van der Waals surface area contributed by atoms with Crippen LogP contribution in [0.3, 0.4) is 0 Å². The quantitative estimate of drug-likeness (QED) is 0.710. The number of aryl methyl sites for hydroxylation is 1. The zero-order valence-electron chi connectivity index (χ0n) is 15.4. The molecule has 2 aromatic rings. The third-order valence-electron chi connectivity index (χ3n) is 3.87. The van der Waals surface area contributed by atoms with Gasteiger partial charge in [0.25, 0.3) is 0 Å². The van der Waals surface area contributed by atoms with E-state index in [0.717, 1.165) is 11.0 Å². The molecule has 0 bridgehead atoms. The van der Waals surface area contributed by atoms with Crippen LogP contribution in [-0.4, -0.2) is 31.7 Å². The van der Waals surface area contributed by atoms with Crippen LogP contribution in [0.4, 0.5) is 5.69 Å². The number of nitrogens with zero attached hydrogens (tertiary/aromatic N) is 1. The van der Waals surface area contributed by atoms with Crippen LogP contribution in [0.5, 0.6) is 0 Å². The van der Waals surface area contributed by atoms with Gasteiger partial charge in [0.05, 0.1) is 6.54 Å². The summed E-state index contributed by atoms with van der Waals surface area (Å²) >= 11 is 5.83. The minimum Gasteiger partial charge on any atom is -0.325 e. The highest BCUT2D eigenvalue weighted by Gasteiger charge is 2.21. The first-order valence-corrected chi connectivity index (χ1v) is 10.5. The molecule has 2 aromatic carbocycles. The molecule has 7 heteroatoms. The Morgan fingerprint density at radius 1 is 1.15 bits per heavy atom. The van der Waals surface area contributed by atoms with Gasteiger partial charge in [-0.3, -0.25) is 4.79 Å². The minimum absolute atomic E-state index is 0.241. The van der Waals surface area contributed by atoms with Crippen LogP contribution in [0.15, 0.2) is 53.9 Å². The highest BCUT2D eigenvalue weighted by molar-refractivity contribution is 7.92. The molecule has 0 radical (unpaired) electrons. The zero-order valence-corrected chi connectivity index (χ0v) is 16.9. The van der Waals surface area contributed by atoms with Crippen molar-refractivity contribution in [3.63, 3.8) is 0 Å². The Bertz CT molecular complexity index is 909. The number of nitrogens with one attached hydrogen (secondary N) is 1. The van der Waals surface area contributed by atoms with Gasteiger partial charge < -0.3 is 5.32 Å². The first kappa shape index (κ1) is 21.2. The largest absolute Gasteiger partial charge is 0.325 e. The summed E-state index contributed by atoms with van der Waals surface area (Å²) in [7, 11) is -3.73. The number of benzene rings is 2. The SMILES string of the molecule is CCCN(CC(=O)Nc1ccccc1C)S(=O)(=O)/C=C/c1ccc(Cl)cc1. The lowest BCUT2D eigenvalue weighted by Gasteiger charge is -2.19.